The van der Waals surface area contributed by atoms with E-state index in [-0.39, 0.29) is 12.6 Å². The molecule has 0 aromatic carbocycles. The van der Waals surface area contributed by atoms with Crippen LogP contribution in [0.5, 0.6) is 0 Å². The molecule has 1 unspecified atom stereocenters. The smallest absolute Gasteiger partial charge is 0.107 e. The van der Waals surface area contributed by atoms with Gasteiger partial charge < -0.3 is 10.8 Å². The van der Waals surface area contributed by atoms with Crippen LogP contribution in [-0.2, 0) is 7.05 Å². The SMILES string of the molecule is Cc1c(C(N)CO)nn(C)c1Br. The Morgan fingerprint density at radius 3 is 2.67 bits per heavy atom. The Hall–Kier alpha value is -0.390. The van der Waals surface area contributed by atoms with Gasteiger partial charge in [0.1, 0.15) is 4.60 Å². The lowest BCUT2D eigenvalue weighted by Gasteiger charge is -2.04. The van der Waals surface area contributed by atoms with Gasteiger partial charge in [0, 0.05) is 12.6 Å². The predicted molar refractivity (Wildman–Crippen MR) is 49.7 cm³/mol. The van der Waals surface area contributed by atoms with Crippen LogP contribution in [0.15, 0.2) is 4.60 Å². The number of aliphatic hydroxyl groups excluding tert-OH is 1. The molecule has 4 nitrogen and oxygen atoms in total. The van der Waals surface area contributed by atoms with Gasteiger partial charge >= 0.3 is 0 Å². The van der Waals surface area contributed by atoms with Crippen LogP contribution in [-0.4, -0.2) is 21.5 Å². The number of aromatic nitrogens is 2. The molecule has 0 bridgehead atoms. The third-order valence-corrected chi connectivity index (χ3v) is 2.89. The Labute approximate surface area is 79.5 Å². The number of aliphatic hydroxyl groups is 1. The molecular weight excluding hydrogens is 222 g/mol. The maximum absolute atomic E-state index is 8.82. The van der Waals surface area contributed by atoms with Crippen molar-refractivity contribution in [2.24, 2.45) is 12.8 Å². The van der Waals surface area contributed by atoms with Gasteiger partial charge in [0.05, 0.1) is 18.3 Å². The Balaban J connectivity index is 3.08. The highest BCUT2D eigenvalue weighted by Gasteiger charge is 2.15. The van der Waals surface area contributed by atoms with E-state index in [9.17, 15) is 0 Å². The summed E-state index contributed by atoms with van der Waals surface area (Å²) in [5.41, 5.74) is 7.36. The van der Waals surface area contributed by atoms with Gasteiger partial charge in [-0.3, -0.25) is 4.68 Å². The second kappa shape index (κ2) is 3.55. The first kappa shape index (κ1) is 9.70. The predicted octanol–water partition coefficient (Wildman–Crippen LogP) is 0.483. The maximum atomic E-state index is 8.82. The minimum Gasteiger partial charge on any atom is -0.394 e. The fraction of sp³-hybridized carbons (Fsp3) is 0.571. The molecule has 0 aliphatic rings. The normalized spacial score (nSPS) is 13.4. The first-order valence-electron chi connectivity index (χ1n) is 3.63. The van der Waals surface area contributed by atoms with Gasteiger partial charge in [-0.15, -0.1) is 0 Å². The molecule has 1 heterocycles. The third kappa shape index (κ3) is 1.53. The lowest BCUT2D eigenvalue weighted by Crippen LogP contribution is -2.16. The summed E-state index contributed by atoms with van der Waals surface area (Å²) in [6, 6.07) is -0.387. The standard InChI is InChI=1S/C7H12BrN3O/c1-4-6(5(9)3-12)10-11(2)7(4)8/h5,12H,3,9H2,1-2H3. The molecule has 0 fully saturated rings. The fourth-order valence-electron chi connectivity index (χ4n) is 1.07. The van der Waals surface area contributed by atoms with Crippen LogP contribution in [0.3, 0.4) is 0 Å². The van der Waals surface area contributed by atoms with Gasteiger partial charge in [-0.25, -0.2) is 0 Å². The summed E-state index contributed by atoms with van der Waals surface area (Å²) in [5.74, 6) is 0. The van der Waals surface area contributed by atoms with Gasteiger partial charge in [0.15, 0.2) is 0 Å². The second-order valence-corrected chi connectivity index (χ2v) is 3.46. The van der Waals surface area contributed by atoms with Crippen molar-refractivity contribution in [3.05, 3.63) is 15.9 Å². The van der Waals surface area contributed by atoms with E-state index in [1.807, 2.05) is 14.0 Å². The molecule has 1 atom stereocenters. The Morgan fingerprint density at radius 1 is 1.75 bits per heavy atom. The molecule has 0 aliphatic carbocycles. The molecule has 1 aromatic rings. The van der Waals surface area contributed by atoms with E-state index < -0.39 is 0 Å². The number of nitrogens with zero attached hydrogens (tertiary/aromatic N) is 2. The summed E-state index contributed by atoms with van der Waals surface area (Å²) in [7, 11) is 1.82. The molecule has 0 amide bonds. The van der Waals surface area contributed by atoms with Crippen molar-refractivity contribution in [1.29, 1.82) is 0 Å². The lowest BCUT2D eigenvalue weighted by molar-refractivity contribution is 0.265. The van der Waals surface area contributed by atoms with Crippen LogP contribution in [0.1, 0.15) is 17.3 Å². The summed E-state index contributed by atoms with van der Waals surface area (Å²) in [6.45, 7) is 1.84. The first-order chi connectivity index (χ1) is 5.57. The largest absolute Gasteiger partial charge is 0.394 e. The number of aryl methyl sites for hydroxylation is 1. The Kier molecular flexibility index (Phi) is 2.87. The number of nitrogens with two attached hydrogens (primary N) is 1. The third-order valence-electron chi connectivity index (χ3n) is 1.78. The van der Waals surface area contributed by atoms with Crippen molar-refractivity contribution in [3.8, 4) is 0 Å². The summed E-state index contributed by atoms with van der Waals surface area (Å²) in [6.07, 6.45) is 0. The molecule has 0 spiro atoms. The quantitative estimate of drug-likeness (QED) is 0.782. The molecule has 0 saturated heterocycles. The van der Waals surface area contributed by atoms with Crippen molar-refractivity contribution in [1.82, 2.24) is 9.78 Å². The van der Waals surface area contributed by atoms with Crippen LogP contribution < -0.4 is 5.73 Å². The highest BCUT2D eigenvalue weighted by atomic mass is 79.9. The molecular formula is C7H12BrN3O. The van der Waals surface area contributed by atoms with E-state index in [4.69, 9.17) is 10.8 Å². The van der Waals surface area contributed by atoms with Gasteiger partial charge in [-0.2, -0.15) is 5.10 Å². The number of hydrogen-bond donors (Lipinski definition) is 2. The van der Waals surface area contributed by atoms with Crippen molar-refractivity contribution in [3.63, 3.8) is 0 Å². The monoisotopic (exact) mass is 233 g/mol. The fourth-order valence-corrected chi connectivity index (χ4v) is 1.35. The minimum atomic E-state index is -0.387. The van der Waals surface area contributed by atoms with Crippen molar-refractivity contribution < 1.29 is 5.11 Å². The van der Waals surface area contributed by atoms with E-state index in [1.165, 1.54) is 0 Å². The van der Waals surface area contributed by atoms with Crippen molar-refractivity contribution >= 4 is 15.9 Å². The molecule has 1 aromatic heterocycles. The van der Waals surface area contributed by atoms with E-state index in [1.54, 1.807) is 4.68 Å². The first-order valence-corrected chi connectivity index (χ1v) is 4.42. The number of hydrogen-bond acceptors (Lipinski definition) is 3. The van der Waals surface area contributed by atoms with Crippen LogP contribution in [0, 0.1) is 6.92 Å². The van der Waals surface area contributed by atoms with Gasteiger partial charge in [0.25, 0.3) is 0 Å². The molecule has 1 rings (SSSR count). The molecule has 0 radical (unpaired) electrons. The van der Waals surface area contributed by atoms with Crippen LogP contribution in [0.4, 0.5) is 0 Å². The summed E-state index contributed by atoms with van der Waals surface area (Å²) in [4.78, 5) is 0. The number of rotatable bonds is 2. The van der Waals surface area contributed by atoms with E-state index >= 15 is 0 Å². The molecule has 68 valence electrons. The van der Waals surface area contributed by atoms with E-state index in [0.717, 1.165) is 15.9 Å². The van der Waals surface area contributed by atoms with Crippen LogP contribution in [0.25, 0.3) is 0 Å². The van der Waals surface area contributed by atoms with Crippen molar-refractivity contribution in [2.45, 2.75) is 13.0 Å². The summed E-state index contributed by atoms with van der Waals surface area (Å²) < 4.78 is 2.60. The van der Waals surface area contributed by atoms with Gasteiger partial charge in [0.2, 0.25) is 0 Å². The topological polar surface area (TPSA) is 64.1 Å². The molecule has 0 saturated carbocycles. The maximum Gasteiger partial charge on any atom is 0.107 e. The van der Waals surface area contributed by atoms with Crippen LogP contribution >= 0.6 is 15.9 Å². The van der Waals surface area contributed by atoms with Crippen molar-refractivity contribution in [2.75, 3.05) is 6.61 Å². The van der Waals surface area contributed by atoms with E-state index in [0.29, 0.717) is 0 Å². The minimum absolute atomic E-state index is 0.0791. The molecule has 12 heavy (non-hydrogen) atoms. The average molecular weight is 234 g/mol. The zero-order valence-electron chi connectivity index (χ0n) is 7.08. The van der Waals surface area contributed by atoms with E-state index in [2.05, 4.69) is 21.0 Å². The van der Waals surface area contributed by atoms with Crippen LogP contribution in [0.2, 0.25) is 0 Å². The molecule has 3 N–H and O–H groups in total. The Morgan fingerprint density at radius 2 is 2.33 bits per heavy atom. The van der Waals surface area contributed by atoms with Gasteiger partial charge in [-0.05, 0) is 22.9 Å². The molecule has 5 heteroatoms. The summed E-state index contributed by atoms with van der Waals surface area (Å²) in [5, 5.41) is 13.0. The zero-order valence-corrected chi connectivity index (χ0v) is 8.67. The zero-order chi connectivity index (χ0) is 9.30. The highest BCUT2D eigenvalue weighted by molar-refractivity contribution is 9.10. The highest BCUT2D eigenvalue weighted by Crippen LogP contribution is 2.21. The lowest BCUT2D eigenvalue weighted by atomic mass is 10.2. The molecule has 0 aliphatic heterocycles. The van der Waals surface area contributed by atoms with Gasteiger partial charge in [-0.1, -0.05) is 0 Å². The number of halogens is 1. The Bertz CT molecular complexity index is 284. The average Bonchev–Trinajstić information content (AvgIpc) is 2.32. The summed E-state index contributed by atoms with van der Waals surface area (Å²) >= 11 is 3.36. The second-order valence-electron chi connectivity index (χ2n) is 2.71.